The summed E-state index contributed by atoms with van der Waals surface area (Å²) in [5, 5.41) is 3.48. The first-order valence-corrected chi connectivity index (χ1v) is 11.1. The quantitative estimate of drug-likeness (QED) is 0.307. The summed E-state index contributed by atoms with van der Waals surface area (Å²) in [6, 6.07) is 20.7. The molecule has 3 rings (SSSR count). The Labute approximate surface area is 188 Å². The molecule has 5 heteroatoms. The third kappa shape index (κ3) is 5.88. The van der Waals surface area contributed by atoms with E-state index < -0.39 is 0 Å². The molecular formula is C23H23BrINO2. The van der Waals surface area contributed by atoms with E-state index in [0.717, 1.165) is 42.9 Å². The van der Waals surface area contributed by atoms with Crippen molar-refractivity contribution in [1.29, 1.82) is 0 Å². The van der Waals surface area contributed by atoms with Gasteiger partial charge in [-0.3, -0.25) is 0 Å². The molecule has 0 radical (unpaired) electrons. The number of rotatable bonds is 8. The summed E-state index contributed by atoms with van der Waals surface area (Å²) in [7, 11) is 0. The number of halogens is 2. The SMILES string of the molecule is CCOc1cc(CNc2cccc(C)c2)cc(I)c1OCc1ccc(Br)cc1. The van der Waals surface area contributed by atoms with E-state index in [4.69, 9.17) is 9.47 Å². The van der Waals surface area contributed by atoms with Crippen LogP contribution in [0.2, 0.25) is 0 Å². The Morgan fingerprint density at radius 1 is 0.964 bits per heavy atom. The number of aryl methyl sites for hydroxylation is 1. The lowest BCUT2D eigenvalue weighted by molar-refractivity contribution is 0.267. The van der Waals surface area contributed by atoms with Crippen molar-refractivity contribution in [2.45, 2.75) is 27.0 Å². The van der Waals surface area contributed by atoms with Crippen LogP contribution in [0.4, 0.5) is 5.69 Å². The summed E-state index contributed by atoms with van der Waals surface area (Å²) < 4.78 is 14.1. The van der Waals surface area contributed by atoms with Crippen LogP contribution in [-0.4, -0.2) is 6.61 Å². The van der Waals surface area contributed by atoms with Crippen LogP contribution in [0.3, 0.4) is 0 Å². The van der Waals surface area contributed by atoms with Gasteiger partial charge in [0.15, 0.2) is 11.5 Å². The lowest BCUT2D eigenvalue weighted by Gasteiger charge is -2.16. The number of benzene rings is 3. The van der Waals surface area contributed by atoms with Gasteiger partial charge in [0.1, 0.15) is 6.61 Å². The molecule has 28 heavy (non-hydrogen) atoms. The first-order chi connectivity index (χ1) is 13.5. The van der Waals surface area contributed by atoms with Crippen LogP contribution in [-0.2, 0) is 13.2 Å². The molecule has 0 amide bonds. The summed E-state index contributed by atoms with van der Waals surface area (Å²) in [4.78, 5) is 0. The molecule has 1 N–H and O–H groups in total. The standard InChI is InChI=1S/C23H23BrINO2/c1-3-27-22-13-18(14-26-20-6-4-5-16(2)11-20)12-21(25)23(22)28-15-17-7-9-19(24)10-8-17/h4-13,26H,3,14-15H2,1-2H3. The fourth-order valence-corrected chi connectivity index (χ4v) is 3.91. The Morgan fingerprint density at radius 2 is 1.75 bits per heavy atom. The number of hydrogen-bond acceptors (Lipinski definition) is 3. The van der Waals surface area contributed by atoms with Crippen molar-refractivity contribution in [3.05, 3.63) is 85.4 Å². The van der Waals surface area contributed by atoms with Gasteiger partial charge in [-0.25, -0.2) is 0 Å². The van der Waals surface area contributed by atoms with Crippen molar-refractivity contribution in [2.24, 2.45) is 0 Å². The Morgan fingerprint density at radius 3 is 2.46 bits per heavy atom. The monoisotopic (exact) mass is 551 g/mol. The predicted molar refractivity (Wildman–Crippen MR) is 127 cm³/mol. The highest BCUT2D eigenvalue weighted by molar-refractivity contribution is 14.1. The molecule has 0 spiro atoms. The van der Waals surface area contributed by atoms with Gasteiger partial charge >= 0.3 is 0 Å². The summed E-state index contributed by atoms with van der Waals surface area (Å²) in [6.07, 6.45) is 0. The Balaban J connectivity index is 1.74. The smallest absolute Gasteiger partial charge is 0.174 e. The number of anilines is 1. The first-order valence-electron chi connectivity index (χ1n) is 9.18. The van der Waals surface area contributed by atoms with E-state index in [1.165, 1.54) is 5.56 Å². The molecule has 146 valence electrons. The molecule has 0 fully saturated rings. The normalized spacial score (nSPS) is 10.6. The minimum absolute atomic E-state index is 0.504. The van der Waals surface area contributed by atoms with E-state index in [-0.39, 0.29) is 0 Å². The zero-order valence-electron chi connectivity index (χ0n) is 16.0. The van der Waals surface area contributed by atoms with Gasteiger partial charge < -0.3 is 14.8 Å². The van der Waals surface area contributed by atoms with Crippen molar-refractivity contribution >= 4 is 44.2 Å². The molecule has 0 aliphatic rings. The molecule has 3 aromatic carbocycles. The second-order valence-corrected chi connectivity index (χ2v) is 8.55. The lowest BCUT2D eigenvalue weighted by Crippen LogP contribution is -2.05. The van der Waals surface area contributed by atoms with Gasteiger partial charge in [-0.2, -0.15) is 0 Å². The van der Waals surface area contributed by atoms with Crippen LogP contribution < -0.4 is 14.8 Å². The number of hydrogen-bond donors (Lipinski definition) is 1. The van der Waals surface area contributed by atoms with E-state index in [9.17, 15) is 0 Å². The van der Waals surface area contributed by atoms with Crippen LogP contribution in [0.5, 0.6) is 11.5 Å². The molecule has 0 bridgehead atoms. The summed E-state index contributed by atoms with van der Waals surface area (Å²) in [6.45, 7) is 5.91. The maximum absolute atomic E-state index is 6.11. The minimum atomic E-state index is 0.504. The van der Waals surface area contributed by atoms with Gasteiger partial charge in [0.2, 0.25) is 0 Å². The summed E-state index contributed by atoms with van der Waals surface area (Å²) in [5.74, 6) is 1.58. The molecule has 0 unspecified atom stereocenters. The largest absolute Gasteiger partial charge is 0.490 e. The third-order valence-corrected chi connectivity index (χ3v) is 5.51. The predicted octanol–water partition coefficient (Wildman–Crippen LogP) is 6.95. The zero-order valence-corrected chi connectivity index (χ0v) is 19.7. The molecule has 3 aromatic rings. The highest BCUT2D eigenvalue weighted by atomic mass is 127. The van der Waals surface area contributed by atoms with E-state index in [2.05, 4.69) is 99.3 Å². The van der Waals surface area contributed by atoms with Crippen LogP contribution in [0.25, 0.3) is 0 Å². The van der Waals surface area contributed by atoms with E-state index in [1.807, 2.05) is 19.1 Å². The molecular weight excluding hydrogens is 529 g/mol. The van der Waals surface area contributed by atoms with E-state index >= 15 is 0 Å². The highest BCUT2D eigenvalue weighted by Crippen LogP contribution is 2.35. The third-order valence-electron chi connectivity index (χ3n) is 4.18. The maximum Gasteiger partial charge on any atom is 0.174 e. The first kappa shape index (κ1) is 21.0. The second-order valence-electron chi connectivity index (χ2n) is 6.48. The van der Waals surface area contributed by atoms with Gasteiger partial charge in [-0.15, -0.1) is 0 Å². The van der Waals surface area contributed by atoms with Crippen molar-refractivity contribution in [1.82, 2.24) is 0 Å². The maximum atomic E-state index is 6.11. The van der Waals surface area contributed by atoms with Gasteiger partial charge in [-0.1, -0.05) is 40.2 Å². The average Bonchev–Trinajstić information content (AvgIpc) is 2.67. The van der Waals surface area contributed by atoms with Gasteiger partial charge in [0.25, 0.3) is 0 Å². The summed E-state index contributed by atoms with van der Waals surface area (Å²) in [5.41, 5.74) is 4.63. The fraction of sp³-hybridized carbons (Fsp3) is 0.217. The molecule has 3 nitrogen and oxygen atoms in total. The Bertz CT molecular complexity index is 928. The minimum Gasteiger partial charge on any atom is -0.490 e. The summed E-state index contributed by atoms with van der Waals surface area (Å²) >= 11 is 5.78. The van der Waals surface area contributed by atoms with E-state index in [0.29, 0.717) is 13.2 Å². The topological polar surface area (TPSA) is 30.5 Å². The van der Waals surface area contributed by atoms with Gasteiger partial charge in [-0.05, 0) is 89.5 Å². The second kappa shape index (κ2) is 10.2. The van der Waals surface area contributed by atoms with Crippen molar-refractivity contribution < 1.29 is 9.47 Å². The molecule has 0 aliphatic heterocycles. The van der Waals surface area contributed by atoms with Crippen LogP contribution >= 0.6 is 38.5 Å². The van der Waals surface area contributed by atoms with Crippen molar-refractivity contribution in [3.63, 3.8) is 0 Å². The van der Waals surface area contributed by atoms with Crippen LogP contribution in [0.1, 0.15) is 23.6 Å². The Kier molecular flexibility index (Phi) is 7.62. The molecule has 0 atom stereocenters. The van der Waals surface area contributed by atoms with Gasteiger partial charge in [0, 0.05) is 16.7 Å². The van der Waals surface area contributed by atoms with E-state index in [1.54, 1.807) is 0 Å². The molecule has 0 heterocycles. The molecule has 0 aromatic heterocycles. The number of ether oxygens (including phenoxy) is 2. The molecule has 0 aliphatic carbocycles. The van der Waals surface area contributed by atoms with Gasteiger partial charge in [0.05, 0.1) is 10.2 Å². The van der Waals surface area contributed by atoms with Crippen molar-refractivity contribution in [3.8, 4) is 11.5 Å². The average molecular weight is 552 g/mol. The van der Waals surface area contributed by atoms with Crippen LogP contribution in [0.15, 0.2) is 65.1 Å². The highest BCUT2D eigenvalue weighted by Gasteiger charge is 2.13. The fourth-order valence-electron chi connectivity index (χ4n) is 2.82. The Hall–Kier alpha value is -1.73. The molecule has 0 saturated heterocycles. The number of nitrogens with one attached hydrogen (secondary N) is 1. The zero-order chi connectivity index (χ0) is 19.9. The molecule has 0 saturated carbocycles. The van der Waals surface area contributed by atoms with Crippen LogP contribution in [0, 0.1) is 10.5 Å². The van der Waals surface area contributed by atoms with Crippen molar-refractivity contribution in [2.75, 3.05) is 11.9 Å². The lowest BCUT2D eigenvalue weighted by atomic mass is 10.1.